The Morgan fingerprint density at radius 1 is 1.20 bits per heavy atom. The van der Waals surface area contributed by atoms with Gasteiger partial charge >= 0.3 is 0 Å². The lowest BCUT2D eigenvalue weighted by atomic mass is 10.1. The second kappa shape index (κ2) is 6.21. The van der Waals surface area contributed by atoms with E-state index in [1.54, 1.807) is 6.07 Å². The molecular weight excluding hydrogens is 252 g/mol. The minimum Gasteiger partial charge on any atom is -0.397 e. The minimum atomic E-state index is -0.656. The predicted octanol–water partition coefficient (Wildman–Crippen LogP) is 2.90. The Morgan fingerprint density at radius 3 is 2.55 bits per heavy atom. The summed E-state index contributed by atoms with van der Waals surface area (Å²) in [6.07, 6.45) is -0.656. The van der Waals surface area contributed by atoms with Crippen LogP contribution in [0.3, 0.4) is 0 Å². The predicted molar refractivity (Wildman–Crippen MR) is 80.4 cm³/mol. The molecule has 104 valence electrons. The molecular formula is C16H18N2O2. The van der Waals surface area contributed by atoms with Crippen molar-refractivity contribution in [2.75, 3.05) is 18.2 Å². The van der Waals surface area contributed by atoms with Crippen LogP contribution in [0.2, 0.25) is 0 Å². The first-order valence-corrected chi connectivity index (χ1v) is 6.36. The molecule has 4 heteroatoms. The third-order valence-electron chi connectivity index (χ3n) is 3.04. The van der Waals surface area contributed by atoms with Crippen molar-refractivity contribution in [3.8, 4) is 0 Å². The summed E-state index contributed by atoms with van der Waals surface area (Å²) in [6.45, 7) is 1.94. The fourth-order valence-electron chi connectivity index (χ4n) is 2.00. The zero-order valence-electron chi connectivity index (χ0n) is 11.6. The highest BCUT2D eigenvalue weighted by molar-refractivity contribution is 5.97. The van der Waals surface area contributed by atoms with Gasteiger partial charge in [0, 0.05) is 7.11 Å². The quantitative estimate of drug-likeness (QED) is 0.840. The van der Waals surface area contributed by atoms with Gasteiger partial charge in [0.2, 0.25) is 0 Å². The molecule has 3 N–H and O–H groups in total. The lowest BCUT2D eigenvalue weighted by Crippen LogP contribution is -2.23. The maximum Gasteiger partial charge on any atom is 0.258 e. The summed E-state index contributed by atoms with van der Waals surface area (Å²) >= 11 is 0. The van der Waals surface area contributed by atoms with E-state index in [2.05, 4.69) is 5.32 Å². The van der Waals surface area contributed by atoms with Crippen LogP contribution in [0.15, 0.2) is 48.5 Å². The number of nitrogens with two attached hydrogens (primary N) is 1. The lowest BCUT2D eigenvalue weighted by Gasteiger charge is -2.16. The number of nitrogens with one attached hydrogen (secondary N) is 1. The molecule has 1 amide bonds. The number of hydrogen-bond donors (Lipinski definition) is 2. The summed E-state index contributed by atoms with van der Waals surface area (Å²) in [5, 5.41) is 2.81. The number of amides is 1. The molecule has 0 aromatic heterocycles. The van der Waals surface area contributed by atoms with Gasteiger partial charge in [-0.15, -0.1) is 0 Å². The molecule has 0 aliphatic carbocycles. The van der Waals surface area contributed by atoms with Gasteiger partial charge in [-0.25, -0.2) is 0 Å². The smallest absolute Gasteiger partial charge is 0.258 e. The fourth-order valence-corrected chi connectivity index (χ4v) is 2.00. The summed E-state index contributed by atoms with van der Waals surface area (Å²) in [6, 6.07) is 14.9. The summed E-state index contributed by atoms with van der Waals surface area (Å²) < 4.78 is 5.29. The number of hydrogen-bond acceptors (Lipinski definition) is 3. The Balaban J connectivity index is 2.20. The van der Waals surface area contributed by atoms with Gasteiger partial charge in [0.1, 0.15) is 0 Å². The number of carbonyl (C=O) groups is 1. The maximum atomic E-state index is 12.3. The highest BCUT2D eigenvalue weighted by Gasteiger charge is 2.20. The van der Waals surface area contributed by atoms with E-state index in [0.717, 1.165) is 11.1 Å². The molecule has 0 aliphatic heterocycles. The zero-order valence-corrected chi connectivity index (χ0v) is 11.6. The Morgan fingerprint density at radius 2 is 1.90 bits per heavy atom. The zero-order chi connectivity index (χ0) is 14.5. The molecule has 2 rings (SSSR count). The van der Waals surface area contributed by atoms with E-state index in [9.17, 15) is 4.79 Å². The first kappa shape index (κ1) is 14.1. The van der Waals surface area contributed by atoms with Crippen LogP contribution < -0.4 is 11.1 Å². The number of carbonyl (C=O) groups excluding carboxylic acids is 1. The van der Waals surface area contributed by atoms with Gasteiger partial charge in [0.05, 0.1) is 11.4 Å². The average molecular weight is 270 g/mol. The van der Waals surface area contributed by atoms with E-state index in [1.807, 2.05) is 49.4 Å². The standard InChI is InChI=1S/C16H18N2O2/c1-11-8-9-13(17)14(10-11)18-16(19)15(20-2)12-6-4-3-5-7-12/h3-10,15H,17H2,1-2H3,(H,18,19). The molecule has 2 aromatic carbocycles. The van der Waals surface area contributed by atoms with E-state index < -0.39 is 6.10 Å². The van der Waals surface area contributed by atoms with Crippen molar-refractivity contribution in [3.05, 3.63) is 59.7 Å². The highest BCUT2D eigenvalue weighted by atomic mass is 16.5. The lowest BCUT2D eigenvalue weighted by molar-refractivity contribution is -0.126. The number of benzene rings is 2. The van der Waals surface area contributed by atoms with Crippen LogP contribution in [0.1, 0.15) is 17.2 Å². The third kappa shape index (κ3) is 3.16. The Hall–Kier alpha value is -2.33. The van der Waals surface area contributed by atoms with Gasteiger partial charge < -0.3 is 15.8 Å². The molecule has 0 heterocycles. The largest absolute Gasteiger partial charge is 0.397 e. The van der Waals surface area contributed by atoms with Crippen molar-refractivity contribution >= 4 is 17.3 Å². The molecule has 1 unspecified atom stereocenters. The van der Waals surface area contributed by atoms with Crippen LogP contribution in [0, 0.1) is 6.92 Å². The van der Waals surface area contributed by atoms with Crippen molar-refractivity contribution in [3.63, 3.8) is 0 Å². The second-order valence-electron chi connectivity index (χ2n) is 4.61. The maximum absolute atomic E-state index is 12.3. The van der Waals surface area contributed by atoms with Crippen molar-refractivity contribution in [1.29, 1.82) is 0 Å². The molecule has 0 aliphatic rings. The van der Waals surface area contributed by atoms with Crippen LogP contribution in [0.4, 0.5) is 11.4 Å². The second-order valence-corrected chi connectivity index (χ2v) is 4.61. The molecule has 1 atom stereocenters. The van der Waals surface area contributed by atoms with Crippen molar-refractivity contribution in [2.45, 2.75) is 13.0 Å². The van der Waals surface area contributed by atoms with E-state index in [0.29, 0.717) is 11.4 Å². The van der Waals surface area contributed by atoms with Crippen LogP contribution >= 0.6 is 0 Å². The molecule has 0 saturated heterocycles. The van der Waals surface area contributed by atoms with Crippen LogP contribution in [-0.2, 0) is 9.53 Å². The first-order chi connectivity index (χ1) is 9.61. The Labute approximate surface area is 118 Å². The normalized spacial score (nSPS) is 11.9. The van der Waals surface area contributed by atoms with Gasteiger partial charge in [-0.1, -0.05) is 36.4 Å². The van der Waals surface area contributed by atoms with Gasteiger partial charge in [0.15, 0.2) is 6.10 Å². The van der Waals surface area contributed by atoms with Crippen molar-refractivity contribution in [1.82, 2.24) is 0 Å². The molecule has 0 fully saturated rings. The molecule has 0 bridgehead atoms. The minimum absolute atomic E-state index is 0.240. The summed E-state index contributed by atoms with van der Waals surface area (Å²) in [7, 11) is 1.51. The van der Waals surface area contributed by atoms with Crippen LogP contribution in [0.5, 0.6) is 0 Å². The van der Waals surface area contributed by atoms with Crippen molar-refractivity contribution < 1.29 is 9.53 Å². The Bertz CT molecular complexity index is 597. The topological polar surface area (TPSA) is 64.3 Å². The molecule has 20 heavy (non-hydrogen) atoms. The van der Waals surface area contributed by atoms with Crippen LogP contribution in [-0.4, -0.2) is 13.0 Å². The molecule has 0 radical (unpaired) electrons. The summed E-state index contributed by atoms with van der Waals surface area (Å²) in [5.41, 5.74) is 8.84. The van der Waals surface area contributed by atoms with E-state index in [-0.39, 0.29) is 5.91 Å². The monoisotopic (exact) mass is 270 g/mol. The Kier molecular flexibility index (Phi) is 4.38. The molecule has 0 saturated carbocycles. The number of rotatable bonds is 4. The molecule has 2 aromatic rings. The van der Waals surface area contributed by atoms with E-state index >= 15 is 0 Å². The third-order valence-corrected chi connectivity index (χ3v) is 3.04. The number of anilines is 2. The highest BCUT2D eigenvalue weighted by Crippen LogP contribution is 2.23. The van der Waals surface area contributed by atoms with Crippen LogP contribution in [0.25, 0.3) is 0 Å². The number of aryl methyl sites for hydroxylation is 1. The molecule has 0 spiro atoms. The average Bonchev–Trinajstić information content (AvgIpc) is 2.45. The summed E-state index contributed by atoms with van der Waals surface area (Å²) in [4.78, 5) is 12.3. The van der Waals surface area contributed by atoms with Gasteiger partial charge in [0.25, 0.3) is 5.91 Å². The number of ether oxygens (including phenoxy) is 1. The summed E-state index contributed by atoms with van der Waals surface area (Å²) in [5.74, 6) is -0.240. The SMILES string of the molecule is COC(C(=O)Nc1cc(C)ccc1N)c1ccccc1. The van der Waals surface area contributed by atoms with Gasteiger partial charge in [-0.05, 0) is 30.2 Å². The van der Waals surface area contributed by atoms with Crippen molar-refractivity contribution in [2.24, 2.45) is 0 Å². The van der Waals surface area contributed by atoms with E-state index in [4.69, 9.17) is 10.5 Å². The number of nitrogen functional groups attached to an aromatic ring is 1. The van der Waals surface area contributed by atoms with E-state index in [1.165, 1.54) is 7.11 Å². The first-order valence-electron chi connectivity index (χ1n) is 6.36. The van der Waals surface area contributed by atoms with Gasteiger partial charge in [-0.2, -0.15) is 0 Å². The van der Waals surface area contributed by atoms with Gasteiger partial charge in [-0.3, -0.25) is 4.79 Å². The fraction of sp³-hybridized carbons (Fsp3) is 0.188. The number of methoxy groups -OCH3 is 1. The molecule has 4 nitrogen and oxygen atoms in total.